The second-order valence-electron chi connectivity index (χ2n) is 5.46. The van der Waals surface area contributed by atoms with Gasteiger partial charge in [0.1, 0.15) is 22.0 Å². The van der Waals surface area contributed by atoms with Crippen molar-refractivity contribution in [1.29, 1.82) is 10.5 Å². The molecular formula is C18H10N4O3S. The van der Waals surface area contributed by atoms with Gasteiger partial charge in [0.25, 0.3) is 5.56 Å². The van der Waals surface area contributed by atoms with E-state index in [2.05, 4.69) is 6.07 Å². The molecule has 26 heavy (non-hydrogen) atoms. The van der Waals surface area contributed by atoms with Gasteiger partial charge in [-0.15, -0.1) is 11.3 Å². The number of nitriles is 2. The van der Waals surface area contributed by atoms with E-state index < -0.39 is 11.5 Å². The van der Waals surface area contributed by atoms with Gasteiger partial charge >= 0.3 is 0 Å². The van der Waals surface area contributed by atoms with Crippen LogP contribution in [0.3, 0.4) is 0 Å². The molecular weight excluding hydrogens is 352 g/mol. The van der Waals surface area contributed by atoms with Crippen LogP contribution >= 0.6 is 11.3 Å². The number of fused-ring (bicyclic) bond motifs is 1. The van der Waals surface area contributed by atoms with E-state index in [9.17, 15) is 15.3 Å². The maximum atomic E-state index is 12.8. The molecule has 0 fully saturated rings. The molecule has 0 bridgehead atoms. The molecule has 2 N–H and O–H groups in total. The molecule has 1 aliphatic heterocycles. The van der Waals surface area contributed by atoms with Crippen LogP contribution in [-0.4, -0.2) is 4.57 Å². The Kier molecular flexibility index (Phi) is 3.61. The van der Waals surface area contributed by atoms with Gasteiger partial charge in [-0.25, -0.2) is 0 Å². The minimum Gasteiger partial charge on any atom is -0.468 e. The van der Waals surface area contributed by atoms with Gasteiger partial charge in [-0.05, 0) is 24.3 Å². The summed E-state index contributed by atoms with van der Waals surface area (Å²) in [6, 6.07) is 10.9. The van der Waals surface area contributed by atoms with Crippen LogP contribution in [0.2, 0.25) is 0 Å². The Morgan fingerprint density at radius 3 is 2.50 bits per heavy atom. The highest BCUT2D eigenvalue weighted by Gasteiger charge is 2.33. The van der Waals surface area contributed by atoms with Crippen molar-refractivity contribution in [2.75, 3.05) is 0 Å². The van der Waals surface area contributed by atoms with Crippen LogP contribution in [-0.2, 0) is 0 Å². The molecule has 0 unspecified atom stereocenters. The Labute approximate surface area is 150 Å². The summed E-state index contributed by atoms with van der Waals surface area (Å²) in [5.74, 6) is 0.188. The lowest BCUT2D eigenvalue weighted by molar-refractivity contribution is 0.508. The van der Waals surface area contributed by atoms with E-state index in [0.29, 0.717) is 20.7 Å². The van der Waals surface area contributed by atoms with Crippen molar-refractivity contribution in [2.45, 2.75) is 5.92 Å². The van der Waals surface area contributed by atoms with Crippen molar-refractivity contribution in [2.24, 2.45) is 5.73 Å². The van der Waals surface area contributed by atoms with Gasteiger partial charge in [0.15, 0.2) is 0 Å². The largest absolute Gasteiger partial charge is 0.468 e. The number of nitrogens with two attached hydrogens (primary N) is 1. The number of allylic oxidation sites excluding steroid dienone is 1. The van der Waals surface area contributed by atoms with Crippen molar-refractivity contribution in [3.05, 3.63) is 73.4 Å². The van der Waals surface area contributed by atoms with Crippen molar-refractivity contribution in [3.8, 4) is 12.1 Å². The SMILES string of the molecule is N#CC1=C(N)n2c(s/c(=C\c3ccco3)c2=O)=C(C#N)[C@@H]1c1ccco1. The molecule has 0 aliphatic carbocycles. The average Bonchev–Trinajstić information content (AvgIpc) is 3.38. The molecule has 1 aliphatic rings. The van der Waals surface area contributed by atoms with Crippen LogP contribution < -0.4 is 20.5 Å². The zero-order valence-electron chi connectivity index (χ0n) is 13.2. The van der Waals surface area contributed by atoms with E-state index in [1.807, 2.05) is 6.07 Å². The van der Waals surface area contributed by atoms with Crippen LogP contribution in [0.15, 0.2) is 56.0 Å². The van der Waals surface area contributed by atoms with E-state index in [1.165, 1.54) is 17.1 Å². The van der Waals surface area contributed by atoms with E-state index in [4.69, 9.17) is 14.6 Å². The summed E-state index contributed by atoms with van der Waals surface area (Å²) in [6.45, 7) is 0. The lowest BCUT2D eigenvalue weighted by atomic mass is 9.88. The number of aromatic nitrogens is 1. The number of hydrogen-bond acceptors (Lipinski definition) is 7. The highest BCUT2D eigenvalue weighted by molar-refractivity contribution is 7.07. The summed E-state index contributed by atoms with van der Waals surface area (Å²) in [5.41, 5.74) is 6.07. The molecule has 0 saturated carbocycles. The normalized spacial score (nSPS) is 17.1. The number of rotatable bonds is 2. The van der Waals surface area contributed by atoms with E-state index >= 15 is 0 Å². The first-order valence-corrected chi connectivity index (χ1v) is 8.32. The number of nitrogens with zero attached hydrogens (tertiary/aromatic N) is 3. The van der Waals surface area contributed by atoms with Crippen molar-refractivity contribution in [1.82, 2.24) is 4.57 Å². The van der Waals surface area contributed by atoms with Gasteiger partial charge in [0.05, 0.1) is 46.3 Å². The molecule has 1 atom stereocenters. The first-order valence-electron chi connectivity index (χ1n) is 7.50. The first-order chi connectivity index (χ1) is 12.7. The Morgan fingerprint density at radius 1 is 1.15 bits per heavy atom. The lowest BCUT2D eigenvalue weighted by Gasteiger charge is -2.19. The summed E-state index contributed by atoms with van der Waals surface area (Å²) in [5, 5.41) is 19.3. The Bertz CT molecular complexity index is 1280. The van der Waals surface area contributed by atoms with E-state index in [-0.39, 0.29) is 17.0 Å². The maximum absolute atomic E-state index is 12.8. The van der Waals surface area contributed by atoms with Crippen LogP contribution in [0, 0.1) is 22.7 Å². The first kappa shape index (κ1) is 15.8. The number of furan rings is 2. The summed E-state index contributed by atoms with van der Waals surface area (Å²) in [7, 11) is 0. The predicted octanol–water partition coefficient (Wildman–Crippen LogP) is 1.05. The fourth-order valence-corrected chi connectivity index (χ4v) is 4.00. The zero-order chi connectivity index (χ0) is 18.3. The third-order valence-corrected chi connectivity index (χ3v) is 5.14. The van der Waals surface area contributed by atoms with E-state index in [0.717, 1.165) is 11.3 Å². The number of hydrogen-bond donors (Lipinski definition) is 1. The molecule has 0 radical (unpaired) electrons. The third kappa shape index (κ3) is 2.21. The highest BCUT2D eigenvalue weighted by atomic mass is 32.1. The Morgan fingerprint density at radius 2 is 1.88 bits per heavy atom. The summed E-state index contributed by atoms with van der Waals surface area (Å²) < 4.78 is 12.6. The van der Waals surface area contributed by atoms with Crippen molar-refractivity contribution < 1.29 is 8.83 Å². The second kappa shape index (κ2) is 5.96. The van der Waals surface area contributed by atoms with Crippen LogP contribution in [0.5, 0.6) is 0 Å². The van der Waals surface area contributed by atoms with Gasteiger partial charge in [-0.2, -0.15) is 10.5 Å². The Balaban J connectivity index is 2.11. The second-order valence-corrected chi connectivity index (χ2v) is 6.49. The quantitative estimate of drug-likeness (QED) is 0.727. The molecule has 3 aromatic heterocycles. The van der Waals surface area contributed by atoms with Gasteiger partial charge in [0.2, 0.25) is 0 Å². The molecule has 0 aromatic carbocycles. The van der Waals surface area contributed by atoms with Crippen LogP contribution in [0.4, 0.5) is 0 Å². The number of thiazole rings is 1. The van der Waals surface area contributed by atoms with Crippen LogP contribution in [0.1, 0.15) is 17.4 Å². The van der Waals surface area contributed by atoms with Gasteiger partial charge in [0, 0.05) is 6.08 Å². The van der Waals surface area contributed by atoms with Gasteiger partial charge in [-0.3, -0.25) is 9.36 Å². The molecule has 126 valence electrons. The summed E-state index contributed by atoms with van der Waals surface area (Å²) >= 11 is 1.12. The minimum atomic E-state index is -0.741. The lowest BCUT2D eigenvalue weighted by Crippen LogP contribution is -2.38. The standard InChI is InChI=1S/C18H10N4O3S/c19-8-11-15(13-4-2-6-25-13)12(9-20)18-22(16(11)21)17(23)14(26-18)7-10-3-1-5-24-10/h1-7,15H,21H2/b14-7-/t15-/m1/s1. The molecule has 8 heteroatoms. The third-order valence-electron chi connectivity index (χ3n) is 4.03. The maximum Gasteiger partial charge on any atom is 0.274 e. The molecule has 0 amide bonds. The Hall–Kier alpha value is -3.75. The molecule has 0 saturated heterocycles. The topological polar surface area (TPSA) is 122 Å². The van der Waals surface area contributed by atoms with Gasteiger partial charge < -0.3 is 14.6 Å². The van der Waals surface area contributed by atoms with Crippen molar-refractivity contribution >= 4 is 28.8 Å². The molecule has 3 aromatic rings. The summed E-state index contributed by atoms with van der Waals surface area (Å²) in [6.07, 6.45) is 4.54. The van der Waals surface area contributed by atoms with Gasteiger partial charge in [-0.1, -0.05) is 0 Å². The minimum absolute atomic E-state index is 0.00300. The molecule has 7 nitrogen and oxygen atoms in total. The fraction of sp³-hybridized carbons (Fsp3) is 0.0556. The summed E-state index contributed by atoms with van der Waals surface area (Å²) in [4.78, 5) is 12.8. The average molecular weight is 362 g/mol. The van der Waals surface area contributed by atoms with Crippen molar-refractivity contribution in [3.63, 3.8) is 0 Å². The predicted molar refractivity (Wildman–Crippen MR) is 93.6 cm³/mol. The fourth-order valence-electron chi connectivity index (χ4n) is 2.89. The molecule has 0 spiro atoms. The highest BCUT2D eigenvalue weighted by Crippen LogP contribution is 2.35. The zero-order valence-corrected chi connectivity index (χ0v) is 14.0. The van der Waals surface area contributed by atoms with Crippen LogP contribution in [0.25, 0.3) is 17.5 Å². The smallest absolute Gasteiger partial charge is 0.274 e. The van der Waals surface area contributed by atoms with E-state index in [1.54, 1.807) is 30.3 Å². The molecule has 4 rings (SSSR count). The molecule has 4 heterocycles. The monoisotopic (exact) mass is 362 g/mol.